The molecule has 0 aromatic heterocycles. The number of carbonyl (C=O) groups excluding carboxylic acids is 1. The minimum atomic E-state index is -0.174. The first-order chi connectivity index (χ1) is 12.8. The van der Waals surface area contributed by atoms with Crippen LogP contribution in [0.3, 0.4) is 0 Å². The van der Waals surface area contributed by atoms with Crippen LogP contribution in [0.1, 0.15) is 5.56 Å². The van der Waals surface area contributed by atoms with E-state index in [1.807, 2.05) is 42.5 Å². The molecular formula is C19H18N2O3S2. The van der Waals surface area contributed by atoms with Gasteiger partial charge in [-0.15, -0.1) is 0 Å². The highest BCUT2D eigenvalue weighted by atomic mass is 32.2. The van der Waals surface area contributed by atoms with E-state index in [9.17, 15) is 4.79 Å². The molecule has 1 N–H and O–H groups in total. The molecular weight excluding hydrogens is 368 g/mol. The van der Waals surface area contributed by atoms with Crippen molar-refractivity contribution in [3.8, 4) is 11.5 Å². The van der Waals surface area contributed by atoms with Gasteiger partial charge in [0.1, 0.15) is 17.1 Å². The predicted molar refractivity (Wildman–Crippen MR) is 107 cm³/mol. The van der Waals surface area contributed by atoms with Crippen molar-refractivity contribution in [2.45, 2.75) is 11.9 Å². The maximum atomic E-state index is 12.1. The molecule has 0 unspecified atom stereocenters. The molecule has 1 amide bonds. The monoisotopic (exact) mass is 386 g/mol. The van der Waals surface area contributed by atoms with Gasteiger partial charge < -0.3 is 14.8 Å². The third-order valence-electron chi connectivity index (χ3n) is 3.98. The molecule has 0 radical (unpaired) electrons. The maximum absolute atomic E-state index is 12.1. The van der Waals surface area contributed by atoms with E-state index in [1.165, 1.54) is 17.3 Å². The Balaban J connectivity index is 1.24. The molecule has 0 bridgehead atoms. The van der Waals surface area contributed by atoms with E-state index in [0.29, 0.717) is 18.9 Å². The Kier molecular flexibility index (Phi) is 5.36. The summed E-state index contributed by atoms with van der Waals surface area (Å²) in [6.07, 6.45) is -0.174. The molecule has 134 valence electrons. The average Bonchev–Trinajstić information content (AvgIpc) is 2.70. The number of aliphatic imine (C=N–C) groups is 1. The maximum Gasteiger partial charge on any atom is 0.230 e. The Labute approximate surface area is 160 Å². The lowest BCUT2D eigenvalue weighted by atomic mass is 10.2. The number of carbonyl (C=O) groups is 1. The fourth-order valence-corrected chi connectivity index (χ4v) is 4.55. The Morgan fingerprint density at radius 2 is 2.00 bits per heavy atom. The average molecular weight is 386 g/mol. The molecule has 4 rings (SSSR count). The van der Waals surface area contributed by atoms with Crippen molar-refractivity contribution in [2.75, 3.05) is 18.9 Å². The second-order valence-corrected chi connectivity index (χ2v) is 8.07. The van der Waals surface area contributed by atoms with Crippen LogP contribution in [0.2, 0.25) is 0 Å². The molecule has 0 fully saturated rings. The molecule has 0 spiro atoms. The molecule has 26 heavy (non-hydrogen) atoms. The molecule has 2 aromatic carbocycles. The van der Waals surface area contributed by atoms with Crippen LogP contribution in [-0.4, -0.2) is 35.3 Å². The van der Waals surface area contributed by atoms with Crippen molar-refractivity contribution in [1.29, 1.82) is 0 Å². The lowest BCUT2D eigenvalue weighted by Crippen LogP contribution is -2.41. The first-order valence-electron chi connectivity index (χ1n) is 8.35. The normalized spacial score (nSPS) is 17.8. The van der Waals surface area contributed by atoms with Crippen molar-refractivity contribution < 1.29 is 14.3 Å². The largest absolute Gasteiger partial charge is 0.486 e. The molecule has 5 nitrogen and oxygen atoms in total. The van der Waals surface area contributed by atoms with Gasteiger partial charge in [-0.25, -0.2) is 4.99 Å². The number of ether oxygens (including phenoxy) is 2. The fraction of sp³-hybridized carbons (Fsp3) is 0.263. The van der Waals surface area contributed by atoms with Crippen molar-refractivity contribution in [3.05, 3.63) is 54.1 Å². The van der Waals surface area contributed by atoms with Crippen molar-refractivity contribution in [2.24, 2.45) is 4.99 Å². The number of fused-ring (bicyclic) bond motifs is 2. The van der Waals surface area contributed by atoms with Gasteiger partial charge in [0.2, 0.25) is 5.91 Å². The van der Waals surface area contributed by atoms with Crippen LogP contribution in [-0.2, 0) is 10.5 Å². The van der Waals surface area contributed by atoms with Crippen LogP contribution in [0, 0.1) is 0 Å². The van der Waals surface area contributed by atoms with Gasteiger partial charge in [0.15, 0.2) is 11.5 Å². The van der Waals surface area contributed by atoms with E-state index in [4.69, 9.17) is 9.47 Å². The molecule has 0 saturated heterocycles. The molecule has 0 aliphatic carbocycles. The van der Waals surface area contributed by atoms with Gasteiger partial charge >= 0.3 is 0 Å². The number of para-hydroxylation sites is 3. The molecule has 2 aliphatic rings. The van der Waals surface area contributed by atoms with Crippen LogP contribution in [0.5, 0.6) is 11.5 Å². The number of thioether (sulfide) groups is 2. The van der Waals surface area contributed by atoms with Gasteiger partial charge in [-0.05, 0) is 23.8 Å². The highest BCUT2D eigenvalue weighted by Crippen LogP contribution is 2.34. The summed E-state index contributed by atoms with van der Waals surface area (Å²) in [4.78, 5) is 16.7. The third-order valence-corrected chi connectivity index (χ3v) is 6.22. The predicted octanol–water partition coefficient (Wildman–Crippen LogP) is 3.61. The second kappa shape index (κ2) is 8.05. The first-order valence-corrected chi connectivity index (χ1v) is 10.3. The summed E-state index contributed by atoms with van der Waals surface area (Å²) in [5.41, 5.74) is 2.24. The van der Waals surface area contributed by atoms with Gasteiger partial charge in [0.05, 0.1) is 18.0 Å². The van der Waals surface area contributed by atoms with E-state index >= 15 is 0 Å². The third kappa shape index (κ3) is 4.16. The van der Waals surface area contributed by atoms with Crippen molar-refractivity contribution in [1.82, 2.24) is 5.32 Å². The van der Waals surface area contributed by atoms with Crippen molar-refractivity contribution >= 4 is 39.5 Å². The van der Waals surface area contributed by atoms with E-state index in [1.54, 1.807) is 11.8 Å². The molecule has 2 heterocycles. The minimum absolute atomic E-state index is 0.0281. The van der Waals surface area contributed by atoms with Gasteiger partial charge in [-0.3, -0.25) is 4.79 Å². The second-order valence-electron chi connectivity index (χ2n) is 5.89. The number of nitrogens with zero attached hydrogens (tertiary/aromatic N) is 1. The summed E-state index contributed by atoms with van der Waals surface area (Å²) >= 11 is 3.15. The Hall–Kier alpha value is -2.12. The number of benzene rings is 2. The summed E-state index contributed by atoms with van der Waals surface area (Å²) < 4.78 is 12.4. The lowest BCUT2D eigenvalue weighted by molar-refractivity contribution is -0.119. The Morgan fingerprint density at radius 1 is 1.19 bits per heavy atom. The summed E-state index contributed by atoms with van der Waals surface area (Å²) in [5, 5.41) is 2.91. The van der Waals surface area contributed by atoms with E-state index in [2.05, 4.69) is 16.4 Å². The van der Waals surface area contributed by atoms with E-state index in [-0.39, 0.29) is 12.0 Å². The topological polar surface area (TPSA) is 59.9 Å². The zero-order chi connectivity index (χ0) is 17.8. The zero-order valence-electron chi connectivity index (χ0n) is 14.0. The van der Waals surface area contributed by atoms with Crippen LogP contribution in [0.15, 0.2) is 53.5 Å². The number of hydrogen-bond donors (Lipinski definition) is 1. The summed E-state index contributed by atoms with van der Waals surface area (Å²) in [5.74, 6) is 2.69. The fourth-order valence-electron chi connectivity index (χ4n) is 2.66. The number of hydrogen-bond acceptors (Lipinski definition) is 6. The summed E-state index contributed by atoms with van der Waals surface area (Å²) in [7, 11) is 0. The minimum Gasteiger partial charge on any atom is -0.486 e. The van der Waals surface area contributed by atoms with Crippen LogP contribution in [0.25, 0.3) is 0 Å². The lowest BCUT2D eigenvalue weighted by Gasteiger charge is -2.26. The molecule has 7 heteroatoms. The molecule has 2 aromatic rings. The molecule has 2 aliphatic heterocycles. The van der Waals surface area contributed by atoms with Gasteiger partial charge in [-0.1, -0.05) is 53.9 Å². The first kappa shape index (κ1) is 17.3. The quantitative estimate of drug-likeness (QED) is 0.870. The molecule has 0 saturated carbocycles. The zero-order valence-corrected chi connectivity index (χ0v) is 15.6. The van der Waals surface area contributed by atoms with Crippen molar-refractivity contribution in [3.63, 3.8) is 0 Å². The standard InChI is InChI=1S/C19H18N2O3S2/c22-18(12-26-19-21-15-6-2-1-5-13(15)11-25-19)20-9-14-10-23-16-7-3-4-8-17(16)24-14/h1-8,14H,9-12H2,(H,20,22)/t14-/m1/s1. The number of nitrogens with one attached hydrogen (secondary N) is 1. The Bertz CT molecular complexity index is 841. The Morgan fingerprint density at radius 3 is 2.92 bits per heavy atom. The SMILES string of the molecule is O=C(CSC1=Nc2ccccc2CS1)NC[C@@H]1COc2ccccc2O1. The highest BCUT2D eigenvalue weighted by Gasteiger charge is 2.21. The highest BCUT2D eigenvalue weighted by molar-refractivity contribution is 8.38. The van der Waals surface area contributed by atoms with Crippen LogP contribution in [0.4, 0.5) is 5.69 Å². The number of rotatable bonds is 4. The molecule has 1 atom stereocenters. The summed E-state index contributed by atoms with van der Waals surface area (Å²) in [6.45, 7) is 0.861. The van der Waals surface area contributed by atoms with Crippen LogP contribution < -0.4 is 14.8 Å². The van der Waals surface area contributed by atoms with E-state index in [0.717, 1.165) is 27.3 Å². The van der Waals surface area contributed by atoms with Gasteiger partial charge in [-0.2, -0.15) is 0 Å². The summed E-state index contributed by atoms with van der Waals surface area (Å²) in [6, 6.07) is 15.7. The number of amides is 1. The van der Waals surface area contributed by atoms with Gasteiger partial charge in [0.25, 0.3) is 0 Å². The van der Waals surface area contributed by atoms with Gasteiger partial charge in [0, 0.05) is 5.75 Å². The van der Waals surface area contributed by atoms with E-state index < -0.39 is 0 Å². The van der Waals surface area contributed by atoms with Crippen LogP contribution >= 0.6 is 23.5 Å². The smallest absolute Gasteiger partial charge is 0.230 e.